The Kier molecular flexibility index (Phi) is 6.67. The highest BCUT2D eigenvalue weighted by molar-refractivity contribution is 7.89. The van der Waals surface area contributed by atoms with Gasteiger partial charge in [-0.15, -0.1) is 0 Å². The van der Waals surface area contributed by atoms with Crippen molar-refractivity contribution in [3.05, 3.63) is 76.7 Å². The number of piperazine rings is 1. The van der Waals surface area contributed by atoms with Crippen molar-refractivity contribution in [1.29, 1.82) is 0 Å². The van der Waals surface area contributed by atoms with Gasteiger partial charge in [-0.3, -0.25) is 0 Å². The highest BCUT2D eigenvalue weighted by atomic mass is 32.2. The van der Waals surface area contributed by atoms with Crippen LogP contribution in [0.25, 0.3) is 0 Å². The molecule has 2 heterocycles. The van der Waals surface area contributed by atoms with Crippen LogP contribution in [-0.2, 0) is 16.4 Å². The van der Waals surface area contributed by atoms with Crippen LogP contribution in [0.3, 0.4) is 0 Å². The summed E-state index contributed by atoms with van der Waals surface area (Å²) in [5.41, 5.74) is 4.49. The van der Waals surface area contributed by atoms with Gasteiger partial charge in [0.25, 0.3) is 0 Å². The Morgan fingerprint density at radius 3 is 2.12 bits per heavy atom. The molecular formula is C25H30N4O3S. The molecule has 33 heavy (non-hydrogen) atoms. The summed E-state index contributed by atoms with van der Waals surface area (Å²) in [6.07, 6.45) is 0.742. The van der Waals surface area contributed by atoms with Crippen molar-refractivity contribution in [2.75, 3.05) is 38.2 Å². The molecule has 174 valence electrons. The van der Waals surface area contributed by atoms with Gasteiger partial charge >= 0.3 is 0 Å². The van der Waals surface area contributed by atoms with E-state index in [1.165, 1.54) is 11.1 Å². The summed E-state index contributed by atoms with van der Waals surface area (Å²) in [7, 11) is -1.99. The molecule has 0 N–H and O–H groups in total. The number of ether oxygens (including phenoxy) is 1. The third-order valence-electron chi connectivity index (χ3n) is 6.04. The Hall–Kier alpha value is -2.97. The van der Waals surface area contributed by atoms with E-state index in [-0.39, 0.29) is 4.90 Å². The third-order valence-corrected chi connectivity index (χ3v) is 7.95. The largest absolute Gasteiger partial charge is 0.497 e. The van der Waals surface area contributed by atoms with Crippen LogP contribution in [0.5, 0.6) is 5.75 Å². The number of hydrogen-bond donors (Lipinski definition) is 0. The lowest BCUT2D eigenvalue weighted by Gasteiger charge is -2.36. The van der Waals surface area contributed by atoms with E-state index in [9.17, 15) is 8.42 Å². The minimum absolute atomic E-state index is 0.283. The molecule has 7 nitrogen and oxygen atoms in total. The first-order valence-corrected chi connectivity index (χ1v) is 12.5. The van der Waals surface area contributed by atoms with Crippen LogP contribution < -0.4 is 9.64 Å². The normalized spacial score (nSPS) is 15.0. The molecule has 0 bridgehead atoms. The first-order valence-electron chi connectivity index (χ1n) is 11.1. The number of sulfonamides is 1. The van der Waals surface area contributed by atoms with E-state index in [4.69, 9.17) is 9.72 Å². The standard InChI is InChI=1S/C25H30N4O3S/c1-18-5-7-21(8-6-18)17-24-19(2)26-20(3)27-25(24)28-13-15-29(16-14-28)33(30,31)23-11-9-22(32-4)10-12-23/h5-12H,13-17H2,1-4H3. The monoisotopic (exact) mass is 466 g/mol. The van der Waals surface area contributed by atoms with E-state index in [0.29, 0.717) is 31.9 Å². The van der Waals surface area contributed by atoms with E-state index < -0.39 is 10.0 Å². The summed E-state index contributed by atoms with van der Waals surface area (Å²) in [5, 5.41) is 0. The van der Waals surface area contributed by atoms with Gasteiger partial charge in [0.2, 0.25) is 10.0 Å². The second-order valence-electron chi connectivity index (χ2n) is 8.39. The van der Waals surface area contributed by atoms with Crippen LogP contribution in [-0.4, -0.2) is 56.0 Å². The second-order valence-corrected chi connectivity index (χ2v) is 10.3. The molecule has 0 radical (unpaired) electrons. The highest BCUT2D eigenvalue weighted by Gasteiger charge is 2.30. The Bertz CT molecular complexity index is 1220. The number of hydrogen-bond acceptors (Lipinski definition) is 6. The molecule has 0 amide bonds. The third kappa shape index (κ3) is 5.02. The van der Waals surface area contributed by atoms with Gasteiger partial charge in [-0.25, -0.2) is 18.4 Å². The molecule has 4 rings (SSSR count). The Morgan fingerprint density at radius 1 is 0.879 bits per heavy atom. The fraction of sp³-hybridized carbons (Fsp3) is 0.360. The summed E-state index contributed by atoms with van der Waals surface area (Å²) >= 11 is 0. The van der Waals surface area contributed by atoms with E-state index in [1.54, 1.807) is 35.7 Å². The molecular weight excluding hydrogens is 436 g/mol. The molecule has 1 aromatic heterocycles. The molecule has 0 saturated carbocycles. The van der Waals surface area contributed by atoms with Crippen molar-refractivity contribution in [3.63, 3.8) is 0 Å². The van der Waals surface area contributed by atoms with Gasteiger partial charge in [0.1, 0.15) is 17.4 Å². The van der Waals surface area contributed by atoms with Gasteiger partial charge in [0.15, 0.2) is 0 Å². The zero-order valence-electron chi connectivity index (χ0n) is 19.6. The predicted octanol–water partition coefficient (Wildman–Crippen LogP) is 3.51. The summed E-state index contributed by atoms with van der Waals surface area (Å²) in [6, 6.07) is 15.0. The van der Waals surface area contributed by atoms with Crippen molar-refractivity contribution >= 4 is 15.8 Å². The van der Waals surface area contributed by atoms with Crippen molar-refractivity contribution < 1.29 is 13.2 Å². The lowest BCUT2D eigenvalue weighted by molar-refractivity contribution is 0.383. The van der Waals surface area contributed by atoms with Gasteiger partial charge in [-0.1, -0.05) is 29.8 Å². The summed E-state index contributed by atoms with van der Waals surface area (Å²) in [4.78, 5) is 11.8. The van der Waals surface area contributed by atoms with E-state index in [2.05, 4.69) is 41.1 Å². The molecule has 0 atom stereocenters. The van der Waals surface area contributed by atoms with Gasteiger partial charge in [0, 0.05) is 43.9 Å². The van der Waals surface area contributed by atoms with Crippen LogP contribution in [0.1, 0.15) is 28.2 Å². The predicted molar refractivity (Wildman–Crippen MR) is 129 cm³/mol. The minimum Gasteiger partial charge on any atom is -0.497 e. The number of aryl methyl sites for hydroxylation is 3. The lowest BCUT2D eigenvalue weighted by Crippen LogP contribution is -2.49. The Morgan fingerprint density at radius 2 is 1.52 bits per heavy atom. The molecule has 1 fully saturated rings. The number of benzene rings is 2. The van der Waals surface area contributed by atoms with Crippen LogP contribution in [0.2, 0.25) is 0 Å². The van der Waals surface area contributed by atoms with Crippen molar-refractivity contribution in [3.8, 4) is 5.75 Å². The van der Waals surface area contributed by atoms with Crippen LogP contribution in [0, 0.1) is 20.8 Å². The second kappa shape index (κ2) is 9.49. The molecule has 0 spiro atoms. The van der Waals surface area contributed by atoms with E-state index in [1.807, 2.05) is 13.8 Å². The van der Waals surface area contributed by atoms with Gasteiger partial charge < -0.3 is 9.64 Å². The summed E-state index contributed by atoms with van der Waals surface area (Å²) in [5.74, 6) is 2.26. The first-order chi connectivity index (χ1) is 15.8. The van der Waals surface area contributed by atoms with Crippen LogP contribution in [0.4, 0.5) is 5.82 Å². The van der Waals surface area contributed by atoms with Gasteiger partial charge in [-0.05, 0) is 50.6 Å². The molecule has 2 aromatic carbocycles. The number of methoxy groups -OCH3 is 1. The topological polar surface area (TPSA) is 75.6 Å². The first kappa shape index (κ1) is 23.2. The van der Waals surface area contributed by atoms with E-state index >= 15 is 0 Å². The zero-order chi connectivity index (χ0) is 23.6. The Balaban J connectivity index is 1.54. The minimum atomic E-state index is -3.55. The van der Waals surface area contributed by atoms with Gasteiger partial charge in [0.05, 0.1) is 12.0 Å². The van der Waals surface area contributed by atoms with Crippen molar-refractivity contribution in [2.24, 2.45) is 0 Å². The Labute approximate surface area is 196 Å². The molecule has 1 aliphatic heterocycles. The van der Waals surface area contributed by atoms with Crippen molar-refractivity contribution in [1.82, 2.24) is 14.3 Å². The zero-order valence-corrected chi connectivity index (χ0v) is 20.4. The maximum Gasteiger partial charge on any atom is 0.243 e. The number of aromatic nitrogens is 2. The maximum atomic E-state index is 13.1. The smallest absolute Gasteiger partial charge is 0.243 e. The lowest BCUT2D eigenvalue weighted by atomic mass is 10.0. The molecule has 8 heteroatoms. The quantitative estimate of drug-likeness (QED) is 0.553. The fourth-order valence-electron chi connectivity index (χ4n) is 4.13. The number of anilines is 1. The van der Waals surface area contributed by atoms with Crippen LogP contribution >= 0.6 is 0 Å². The molecule has 0 unspecified atom stereocenters. The number of nitrogens with zero attached hydrogens (tertiary/aromatic N) is 4. The summed E-state index contributed by atoms with van der Waals surface area (Å²) < 4.78 is 32.9. The van der Waals surface area contributed by atoms with Crippen molar-refractivity contribution in [2.45, 2.75) is 32.1 Å². The molecule has 0 aliphatic carbocycles. The molecule has 1 saturated heterocycles. The SMILES string of the molecule is COc1ccc(S(=O)(=O)N2CCN(c3nc(C)nc(C)c3Cc3ccc(C)cc3)CC2)cc1. The molecule has 3 aromatic rings. The van der Waals surface area contributed by atoms with E-state index in [0.717, 1.165) is 29.3 Å². The average Bonchev–Trinajstić information content (AvgIpc) is 2.82. The van der Waals surface area contributed by atoms with Gasteiger partial charge in [-0.2, -0.15) is 4.31 Å². The summed E-state index contributed by atoms with van der Waals surface area (Å²) in [6.45, 7) is 7.96. The molecule has 1 aliphatic rings. The number of rotatable bonds is 6. The average molecular weight is 467 g/mol. The maximum absolute atomic E-state index is 13.1. The highest BCUT2D eigenvalue weighted by Crippen LogP contribution is 2.27. The van der Waals surface area contributed by atoms with Crippen LogP contribution in [0.15, 0.2) is 53.4 Å². The fourth-order valence-corrected chi connectivity index (χ4v) is 5.56.